The van der Waals surface area contributed by atoms with E-state index < -0.39 is 13.3 Å². The lowest BCUT2D eigenvalue weighted by molar-refractivity contribution is -0.136. The Morgan fingerprint density at radius 3 is 2.60 bits per heavy atom. The Labute approximate surface area is 76.8 Å². The molecule has 10 heavy (non-hydrogen) atoms. The highest BCUT2D eigenvalue weighted by Crippen LogP contribution is 2.10. The lowest BCUT2D eigenvalue weighted by Gasteiger charge is -2.01. The predicted octanol–water partition coefficient (Wildman–Crippen LogP) is -0.111. The standard InChI is InChI=1S/C3H5BClIO4/c5-2(6)1-3(7)10-4(8)9/h2,8-9H,1H2. The Kier molecular flexibility index (Phi) is 5.41. The molecule has 0 rings (SSSR count). The van der Waals surface area contributed by atoms with Crippen molar-refractivity contribution in [3.8, 4) is 0 Å². The molecular weight excluding hydrogens is 273 g/mol. The fraction of sp³-hybridized carbons (Fsp3) is 0.667. The summed E-state index contributed by atoms with van der Waals surface area (Å²) in [5.74, 6) is -0.732. The van der Waals surface area contributed by atoms with E-state index in [1.54, 1.807) is 22.6 Å². The van der Waals surface area contributed by atoms with Crippen LogP contribution in [0.3, 0.4) is 0 Å². The van der Waals surface area contributed by atoms with E-state index in [4.69, 9.17) is 21.6 Å². The molecule has 0 aromatic rings. The molecule has 0 aliphatic heterocycles. The average molecular weight is 278 g/mol. The van der Waals surface area contributed by atoms with E-state index in [0.29, 0.717) is 0 Å². The van der Waals surface area contributed by atoms with Gasteiger partial charge in [-0.05, 0) is 0 Å². The number of carbonyl (C=O) groups is 1. The molecule has 58 valence electrons. The van der Waals surface area contributed by atoms with Crippen LogP contribution >= 0.6 is 34.2 Å². The van der Waals surface area contributed by atoms with Crippen molar-refractivity contribution < 1.29 is 19.5 Å². The molecule has 0 aromatic carbocycles. The lowest BCUT2D eigenvalue weighted by Crippen LogP contribution is -2.22. The minimum Gasteiger partial charge on any atom is -0.485 e. The van der Waals surface area contributed by atoms with Crippen LogP contribution in [-0.2, 0) is 9.45 Å². The Hall–Kier alpha value is 0.475. The Morgan fingerprint density at radius 1 is 1.80 bits per heavy atom. The average Bonchev–Trinajstić information content (AvgIpc) is 1.58. The number of hydrogen-bond donors (Lipinski definition) is 2. The largest absolute Gasteiger partial charge is 0.709 e. The van der Waals surface area contributed by atoms with E-state index in [0.717, 1.165) is 0 Å². The van der Waals surface area contributed by atoms with Gasteiger partial charge in [-0.15, -0.1) is 11.6 Å². The second-order valence-electron chi connectivity index (χ2n) is 1.41. The summed E-state index contributed by atoms with van der Waals surface area (Å²) in [4.78, 5) is 10.4. The molecule has 0 saturated carbocycles. The van der Waals surface area contributed by atoms with E-state index in [1.807, 2.05) is 0 Å². The van der Waals surface area contributed by atoms with Crippen molar-refractivity contribution in [1.29, 1.82) is 0 Å². The first kappa shape index (κ1) is 10.5. The van der Waals surface area contributed by atoms with Crippen LogP contribution in [0.1, 0.15) is 6.42 Å². The smallest absolute Gasteiger partial charge is 0.485 e. The number of alkyl halides is 2. The highest BCUT2D eigenvalue weighted by Gasteiger charge is 2.17. The first-order valence-electron chi connectivity index (χ1n) is 2.36. The quantitative estimate of drug-likeness (QED) is 0.429. The first-order valence-corrected chi connectivity index (χ1v) is 4.04. The Bertz CT molecular complexity index is 107. The summed E-state index contributed by atoms with van der Waals surface area (Å²) in [6.45, 7) is 0. The summed E-state index contributed by atoms with van der Waals surface area (Å²) >= 11 is 7.18. The van der Waals surface area contributed by atoms with Crippen LogP contribution in [0.5, 0.6) is 0 Å². The summed E-state index contributed by atoms with van der Waals surface area (Å²) in [7, 11) is -2.04. The molecule has 0 aromatic heterocycles. The van der Waals surface area contributed by atoms with E-state index in [1.165, 1.54) is 0 Å². The summed E-state index contributed by atoms with van der Waals surface area (Å²) < 4.78 is 3.56. The van der Waals surface area contributed by atoms with Crippen LogP contribution < -0.4 is 0 Å². The molecule has 0 spiro atoms. The predicted molar refractivity (Wildman–Crippen MR) is 44.6 cm³/mol. The molecule has 0 saturated heterocycles. The van der Waals surface area contributed by atoms with Gasteiger partial charge in [-0.1, -0.05) is 22.6 Å². The van der Waals surface area contributed by atoms with Crippen molar-refractivity contribution in [3.05, 3.63) is 0 Å². The number of carbonyl (C=O) groups excluding carboxylic acids is 1. The maximum Gasteiger partial charge on any atom is 0.709 e. The van der Waals surface area contributed by atoms with Gasteiger partial charge >= 0.3 is 7.32 Å². The molecule has 0 amide bonds. The van der Waals surface area contributed by atoms with E-state index >= 15 is 0 Å². The molecule has 0 fully saturated rings. The number of halogens is 2. The summed E-state index contributed by atoms with van der Waals surface area (Å²) in [6.07, 6.45) is -0.0419. The highest BCUT2D eigenvalue weighted by atomic mass is 127. The van der Waals surface area contributed by atoms with Crippen LogP contribution in [0.4, 0.5) is 0 Å². The fourth-order valence-corrected chi connectivity index (χ4v) is 0.777. The third-order valence-electron chi connectivity index (χ3n) is 0.558. The minimum atomic E-state index is -2.04. The normalized spacial score (nSPS) is 12.4. The third-order valence-corrected chi connectivity index (χ3v) is 1.15. The SMILES string of the molecule is O=C(CC(Cl)I)OB(O)O. The van der Waals surface area contributed by atoms with Crippen LogP contribution in [0.15, 0.2) is 0 Å². The van der Waals surface area contributed by atoms with Crippen LogP contribution in [0.2, 0.25) is 0 Å². The molecule has 1 atom stereocenters. The van der Waals surface area contributed by atoms with Gasteiger partial charge in [0.15, 0.2) is 0 Å². The number of hydrogen-bond acceptors (Lipinski definition) is 4. The highest BCUT2D eigenvalue weighted by molar-refractivity contribution is 14.1. The molecule has 1 unspecified atom stereocenters. The first-order chi connectivity index (χ1) is 4.52. The lowest BCUT2D eigenvalue weighted by atomic mass is 10.2. The maximum atomic E-state index is 10.4. The van der Waals surface area contributed by atoms with Crippen molar-refractivity contribution in [2.75, 3.05) is 0 Å². The second-order valence-corrected chi connectivity index (χ2v) is 4.18. The van der Waals surface area contributed by atoms with Gasteiger partial charge in [0, 0.05) is 0 Å². The van der Waals surface area contributed by atoms with Gasteiger partial charge < -0.3 is 14.7 Å². The second kappa shape index (κ2) is 5.17. The van der Waals surface area contributed by atoms with Gasteiger partial charge in [0.05, 0.1) is 9.80 Å². The summed E-state index contributed by atoms with van der Waals surface area (Å²) in [6, 6.07) is 0. The maximum absolute atomic E-state index is 10.4. The molecule has 0 heterocycles. The summed E-state index contributed by atoms with van der Waals surface area (Å²) in [5, 5.41) is 16.2. The van der Waals surface area contributed by atoms with Crippen LogP contribution in [-0.4, -0.2) is 26.7 Å². The van der Waals surface area contributed by atoms with Gasteiger partial charge in [0.25, 0.3) is 5.97 Å². The van der Waals surface area contributed by atoms with Crippen molar-refractivity contribution in [3.63, 3.8) is 0 Å². The van der Waals surface area contributed by atoms with Gasteiger partial charge in [-0.3, -0.25) is 4.79 Å². The fourth-order valence-electron chi connectivity index (χ4n) is 0.292. The monoisotopic (exact) mass is 278 g/mol. The molecular formula is C3H5BClIO4. The number of rotatable bonds is 3. The van der Waals surface area contributed by atoms with Gasteiger partial charge in [0.1, 0.15) is 0 Å². The third kappa shape index (κ3) is 6.59. The zero-order valence-electron chi connectivity index (χ0n) is 4.83. The molecule has 2 N–H and O–H groups in total. The van der Waals surface area contributed by atoms with E-state index in [9.17, 15) is 4.79 Å². The molecule has 0 aliphatic carbocycles. The summed E-state index contributed by atoms with van der Waals surface area (Å²) in [5.41, 5.74) is 0. The van der Waals surface area contributed by atoms with Gasteiger partial charge in [-0.25, -0.2) is 0 Å². The van der Waals surface area contributed by atoms with Crippen molar-refractivity contribution in [2.45, 2.75) is 9.80 Å². The minimum absolute atomic E-state index is 0.0419. The van der Waals surface area contributed by atoms with Crippen molar-refractivity contribution in [2.24, 2.45) is 0 Å². The Balaban J connectivity index is 3.44. The van der Waals surface area contributed by atoms with E-state index in [-0.39, 0.29) is 9.80 Å². The van der Waals surface area contributed by atoms with Crippen LogP contribution in [0, 0.1) is 0 Å². The molecule has 7 heteroatoms. The van der Waals surface area contributed by atoms with E-state index in [2.05, 4.69) is 4.65 Å². The zero-order chi connectivity index (χ0) is 8.15. The van der Waals surface area contributed by atoms with Crippen molar-refractivity contribution >= 4 is 47.5 Å². The Morgan fingerprint density at radius 2 is 2.30 bits per heavy atom. The topological polar surface area (TPSA) is 66.8 Å². The van der Waals surface area contributed by atoms with Gasteiger partial charge in [-0.2, -0.15) is 0 Å². The van der Waals surface area contributed by atoms with Crippen molar-refractivity contribution in [1.82, 2.24) is 0 Å². The van der Waals surface area contributed by atoms with Crippen LogP contribution in [0.25, 0.3) is 0 Å². The molecule has 0 bridgehead atoms. The zero-order valence-corrected chi connectivity index (χ0v) is 7.74. The molecule has 4 nitrogen and oxygen atoms in total. The molecule has 0 radical (unpaired) electrons. The molecule has 0 aliphatic rings. The van der Waals surface area contributed by atoms with Gasteiger partial charge in [0.2, 0.25) is 0 Å².